The molecule has 116 valence electrons. The molecule has 1 aromatic rings. The molecule has 2 rings (SSSR count). The van der Waals surface area contributed by atoms with Crippen molar-refractivity contribution in [1.82, 2.24) is 9.55 Å². The second-order valence-corrected chi connectivity index (χ2v) is 5.35. The number of carbonyl (C=O) groups excluding carboxylic acids is 1. The summed E-state index contributed by atoms with van der Waals surface area (Å²) in [6.45, 7) is 2.80. The van der Waals surface area contributed by atoms with Crippen molar-refractivity contribution in [2.45, 2.75) is 32.6 Å². The molecule has 1 aromatic heterocycles. The molecule has 1 fully saturated rings. The second kappa shape index (κ2) is 5.45. The average molecular weight is 298 g/mol. The first-order valence-corrected chi connectivity index (χ1v) is 6.50. The standard InChI is InChI=1S/C13H18N2O6/c1-7-5-15(12(19)14-10(7)17)9-4-13(2,11(18)20-3)8(6-16)21-9/h5,8-9,16H,4,6H2,1-3H3,(H,14,17,19)/t8-,9-,13-/m1/s1. The third-order valence-corrected chi connectivity index (χ3v) is 3.90. The van der Waals surface area contributed by atoms with Crippen molar-refractivity contribution < 1.29 is 19.4 Å². The zero-order valence-electron chi connectivity index (χ0n) is 12.1. The Kier molecular flexibility index (Phi) is 4.02. The van der Waals surface area contributed by atoms with Crippen LogP contribution in [0.25, 0.3) is 0 Å². The van der Waals surface area contributed by atoms with Gasteiger partial charge in [-0.3, -0.25) is 19.1 Å². The normalized spacial score (nSPS) is 28.6. The molecule has 2 N–H and O–H groups in total. The molecule has 0 aliphatic carbocycles. The Bertz CT molecular complexity index is 663. The van der Waals surface area contributed by atoms with Gasteiger partial charge in [-0.15, -0.1) is 0 Å². The van der Waals surface area contributed by atoms with Gasteiger partial charge in [-0.25, -0.2) is 4.79 Å². The fraction of sp³-hybridized carbons (Fsp3) is 0.615. The van der Waals surface area contributed by atoms with E-state index in [4.69, 9.17) is 9.47 Å². The predicted octanol–water partition coefficient (Wildman–Crippen LogP) is -0.696. The lowest BCUT2D eigenvalue weighted by Gasteiger charge is -2.24. The van der Waals surface area contributed by atoms with E-state index < -0.39 is 35.0 Å². The van der Waals surface area contributed by atoms with E-state index in [9.17, 15) is 19.5 Å². The lowest BCUT2D eigenvalue weighted by atomic mass is 9.83. The van der Waals surface area contributed by atoms with Crippen LogP contribution >= 0.6 is 0 Å². The van der Waals surface area contributed by atoms with Crippen LogP contribution in [0.2, 0.25) is 0 Å². The molecular weight excluding hydrogens is 280 g/mol. The molecule has 1 aliphatic heterocycles. The van der Waals surface area contributed by atoms with E-state index in [0.29, 0.717) is 5.56 Å². The summed E-state index contributed by atoms with van der Waals surface area (Å²) in [6.07, 6.45) is 0.00271. The van der Waals surface area contributed by atoms with E-state index in [1.165, 1.54) is 17.9 Å². The number of ether oxygens (including phenoxy) is 2. The fourth-order valence-electron chi connectivity index (χ4n) is 2.54. The van der Waals surface area contributed by atoms with Crippen LogP contribution in [0.3, 0.4) is 0 Å². The van der Waals surface area contributed by atoms with Crippen molar-refractivity contribution in [3.05, 3.63) is 32.6 Å². The molecule has 8 heteroatoms. The molecule has 0 aromatic carbocycles. The number of aromatic nitrogens is 2. The number of hydrogen-bond acceptors (Lipinski definition) is 6. The van der Waals surface area contributed by atoms with Gasteiger partial charge >= 0.3 is 11.7 Å². The molecule has 21 heavy (non-hydrogen) atoms. The van der Waals surface area contributed by atoms with Gasteiger partial charge in [0.2, 0.25) is 0 Å². The molecule has 1 saturated heterocycles. The summed E-state index contributed by atoms with van der Waals surface area (Å²) in [5.74, 6) is -0.516. The van der Waals surface area contributed by atoms with Crippen LogP contribution in [-0.4, -0.2) is 40.4 Å². The van der Waals surface area contributed by atoms with Gasteiger partial charge in [0.25, 0.3) is 5.56 Å². The van der Waals surface area contributed by atoms with Crippen molar-refractivity contribution in [1.29, 1.82) is 0 Å². The molecule has 0 unspecified atom stereocenters. The van der Waals surface area contributed by atoms with E-state index in [1.807, 2.05) is 0 Å². The van der Waals surface area contributed by atoms with Crippen molar-refractivity contribution >= 4 is 5.97 Å². The number of aliphatic hydroxyl groups excluding tert-OH is 1. The first-order chi connectivity index (χ1) is 9.83. The third-order valence-electron chi connectivity index (χ3n) is 3.90. The smallest absolute Gasteiger partial charge is 0.330 e. The highest BCUT2D eigenvalue weighted by molar-refractivity contribution is 5.77. The minimum absolute atomic E-state index is 0.163. The van der Waals surface area contributed by atoms with Gasteiger partial charge < -0.3 is 14.6 Å². The minimum atomic E-state index is -1.06. The van der Waals surface area contributed by atoms with Gasteiger partial charge in [0.05, 0.1) is 25.2 Å². The van der Waals surface area contributed by atoms with E-state index in [1.54, 1.807) is 13.8 Å². The summed E-state index contributed by atoms with van der Waals surface area (Å²) >= 11 is 0. The van der Waals surface area contributed by atoms with Gasteiger partial charge in [-0.1, -0.05) is 0 Å². The molecule has 8 nitrogen and oxygen atoms in total. The Morgan fingerprint density at radius 3 is 2.86 bits per heavy atom. The SMILES string of the molecule is COC(=O)[C@]1(C)C[C@H](n2cc(C)c(=O)[nH]c2=O)O[C@@H]1CO. The monoisotopic (exact) mass is 298 g/mol. The van der Waals surface area contributed by atoms with Crippen LogP contribution in [-0.2, 0) is 14.3 Å². The summed E-state index contributed by atoms with van der Waals surface area (Å²) < 4.78 is 11.6. The van der Waals surface area contributed by atoms with Crippen LogP contribution < -0.4 is 11.2 Å². The summed E-state index contributed by atoms with van der Waals surface area (Å²) in [5.41, 5.74) is -1.80. The fourth-order valence-corrected chi connectivity index (χ4v) is 2.54. The van der Waals surface area contributed by atoms with Gasteiger partial charge in [-0.2, -0.15) is 0 Å². The van der Waals surface area contributed by atoms with Crippen molar-refractivity contribution in [3.63, 3.8) is 0 Å². The first-order valence-electron chi connectivity index (χ1n) is 6.50. The minimum Gasteiger partial charge on any atom is -0.469 e. The number of aryl methyl sites for hydroxylation is 1. The molecule has 1 aliphatic rings. The molecule has 0 amide bonds. The number of nitrogens with zero attached hydrogens (tertiary/aromatic N) is 1. The Morgan fingerprint density at radius 2 is 2.29 bits per heavy atom. The van der Waals surface area contributed by atoms with Gasteiger partial charge in [0, 0.05) is 18.2 Å². The zero-order valence-corrected chi connectivity index (χ0v) is 12.1. The quantitative estimate of drug-likeness (QED) is 0.714. The summed E-state index contributed by atoms with van der Waals surface area (Å²) in [6, 6.07) is 0. The molecule has 3 atom stereocenters. The first kappa shape index (κ1) is 15.5. The Morgan fingerprint density at radius 1 is 1.62 bits per heavy atom. The maximum atomic E-state index is 11.9. The number of rotatable bonds is 3. The maximum Gasteiger partial charge on any atom is 0.330 e. The molecule has 2 heterocycles. The highest BCUT2D eigenvalue weighted by Crippen LogP contribution is 2.43. The number of aromatic amines is 1. The Balaban J connectivity index is 2.41. The van der Waals surface area contributed by atoms with Crippen molar-refractivity contribution in [3.8, 4) is 0 Å². The number of methoxy groups -OCH3 is 1. The topological polar surface area (TPSA) is 111 Å². The molecule has 0 saturated carbocycles. The lowest BCUT2D eigenvalue weighted by molar-refractivity contribution is -0.156. The Labute approximate surface area is 120 Å². The van der Waals surface area contributed by atoms with Crippen LogP contribution in [0, 0.1) is 12.3 Å². The molecule has 0 bridgehead atoms. The summed E-state index contributed by atoms with van der Waals surface area (Å²) in [7, 11) is 1.26. The van der Waals surface area contributed by atoms with E-state index >= 15 is 0 Å². The average Bonchev–Trinajstić information content (AvgIpc) is 2.80. The molecule has 0 radical (unpaired) electrons. The number of esters is 1. The largest absolute Gasteiger partial charge is 0.469 e. The number of H-pyrrole nitrogens is 1. The van der Waals surface area contributed by atoms with Gasteiger partial charge in [0.1, 0.15) is 6.23 Å². The number of nitrogens with one attached hydrogen (secondary N) is 1. The summed E-state index contributed by atoms with van der Waals surface area (Å²) in [5, 5.41) is 9.40. The Hall–Kier alpha value is -1.93. The van der Waals surface area contributed by atoms with Crippen molar-refractivity contribution in [2.75, 3.05) is 13.7 Å². The van der Waals surface area contributed by atoms with Crippen molar-refractivity contribution in [2.24, 2.45) is 5.41 Å². The van der Waals surface area contributed by atoms with Gasteiger partial charge in [0.15, 0.2) is 0 Å². The van der Waals surface area contributed by atoms with Gasteiger partial charge in [-0.05, 0) is 13.8 Å². The highest BCUT2D eigenvalue weighted by atomic mass is 16.5. The van der Waals surface area contributed by atoms with Crippen LogP contribution in [0.15, 0.2) is 15.8 Å². The van der Waals surface area contributed by atoms with E-state index in [0.717, 1.165) is 0 Å². The third kappa shape index (κ3) is 2.52. The molecule has 0 spiro atoms. The van der Waals surface area contributed by atoms with E-state index in [2.05, 4.69) is 4.98 Å². The zero-order chi connectivity index (χ0) is 15.8. The second-order valence-electron chi connectivity index (χ2n) is 5.35. The lowest BCUT2D eigenvalue weighted by Crippen LogP contribution is -2.39. The molecular formula is C13H18N2O6. The highest BCUT2D eigenvalue weighted by Gasteiger charge is 2.52. The summed E-state index contributed by atoms with van der Waals surface area (Å²) in [4.78, 5) is 37.4. The maximum absolute atomic E-state index is 11.9. The van der Waals surface area contributed by atoms with Crippen LogP contribution in [0.4, 0.5) is 0 Å². The number of aliphatic hydroxyl groups is 1. The predicted molar refractivity (Wildman–Crippen MR) is 71.8 cm³/mol. The van der Waals surface area contributed by atoms with E-state index in [-0.39, 0.29) is 13.0 Å². The van der Waals surface area contributed by atoms with Crippen LogP contribution in [0.5, 0.6) is 0 Å². The number of hydrogen-bond donors (Lipinski definition) is 2. The number of carbonyl (C=O) groups is 1. The van der Waals surface area contributed by atoms with Crippen LogP contribution in [0.1, 0.15) is 25.1 Å².